The van der Waals surface area contributed by atoms with Crippen LogP contribution in [-0.2, 0) is 0 Å². The number of allylic oxidation sites excluding steroid dienone is 2. The number of anilines is 2. The van der Waals surface area contributed by atoms with Gasteiger partial charge in [-0.1, -0.05) is 249 Å². The Hall–Kier alpha value is -11.8. The molecule has 0 bridgehead atoms. The first kappa shape index (κ1) is 51.1. The minimum atomic E-state index is 0.160. The second-order valence-corrected chi connectivity index (χ2v) is 25.4. The minimum absolute atomic E-state index is 0.160. The molecule has 0 saturated carbocycles. The van der Waals surface area contributed by atoms with Gasteiger partial charge in [-0.15, -0.1) is 0 Å². The highest BCUT2D eigenvalue weighted by atomic mass is 15.2. The topological polar surface area (TPSA) is 8.17 Å². The quantitative estimate of drug-likeness (QED) is 0.151. The van der Waals surface area contributed by atoms with Crippen LogP contribution in [0.25, 0.3) is 169 Å². The third-order valence-corrected chi connectivity index (χ3v) is 20.6. The molecule has 0 radical (unpaired) electrons. The molecule has 0 saturated heterocycles. The van der Waals surface area contributed by atoms with E-state index in [9.17, 15) is 0 Å². The summed E-state index contributed by atoms with van der Waals surface area (Å²) in [6, 6.07) is 115. The van der Waals surface area contributed by atoms with Crippen molar-refractivity contribution in [2.75, 3.05) is 4.90 Å². The summed E-state index contributed by atoms with van der Waals surface area (Å²) in [4.78, 5) is 2.59. The number of hydrogen-bond acceptors (Lipinski definition) is 1. The van der Waals surface area contributed by atoms with Crippen LogP contribution in [0.4, 0.5) is 11.4 Å². The molecular formula is C90H56N2. The molecule has 2 heteroatoms. The number of rotatable bonds is 6. The summed E-state index contributed by atoms with van der Waals surface area (Å²) in [5, 5.41) is 25.3. The fourth-order valence-corrected chi connectivity index (χ4v) is 16.4. The second kappa shape index (κ2) is 19.8. The minimum Gasteiger partial charge on any atom is -0.333 e. The lowest BCUT2D eigenvalue weighted by molar-refractivity contribution is 0.745. The van der Waals surface area contributed by atoms with Gasteiger partial charge in [-0.25, -0.2) is 0 Å². The van der Waals surface area contributed by atoms with Gasteiger partial charge in [0.1, 0.15) is 0 Å². The average Bonchev–Trinajstić information content (AvgIpc) is 1.01. The number of para-hydroxylation sites is 3. The van der Waals surface area contributed by atoms with Gasteiger partial charge in [0, 0.05) is 33.8 Å². The number of fused-ring (bicyclic) bond motifs is 24. The number of aromatic nitrogens is 1. The maximum atomic E-state index is 2.59. The van der Waals surface area contributed by atoms with Crippen LogP contribution < -0.4 is 4.90 Å². The summed E-state index contributed by atoms with van der Waals surface area (Å²) in [6.07, 6.45) is 9.21. The molecule has 20 rings (SSSR count). The molecule has 2 nitrogen and oxygen atoms in total. The van der Waals surface area contributed by atoms with Crippen molar-refractivity contribution in [3.8, 4) is 50.2 Å². The Morgan fingerprint density at radius 2 is 0.500 bits per heavy atom. The van der Waals surface area contributed by atoms with Crippen LogP contribution >= 0.6 is 0 Å². The highest BCUT2D eigenvalue weighted by Crippen LogP contribution is 2.51. The van der Waals surface area contributed by atoms with Gasteiger partial charge in [0.2, 0.25) is 0 Å². The predicted octanol–water partition coefficient (Wildman–Crippen LogP) is 24.6. The van der Waals surface area contributed by atoms with E-state index in [1.54, 1.807) is 0 Å². The summed E-state index contributed by atoms with van der Waals surface area (Å²) >= 11 is 0. The molecule has 18 aromatic rings. The van der Waals surface area contributed by atoms with Crippen molar-refractivity contribution in [2.45, 2.75) is 12.0 Å². The molecule has 17 aromatic carbocycles. The Morgan fingerprint density at radius 3 is 0.880 bits per heavy atom. The molecule has 0 N–H and O–H groups in total. The van der Waals surface area contributed by atoms with Gasteiger partial charge in [-0.2, -0.15) is 0 Å². The predicted molar refractivity (Wildman–Crippen MR) is 393 cm³/mol. The highest BCUT2D eigenvalue weighted by molar-refractivity contribution is 6.29. The molecule has 0 spiro atoms. The smallest absolute Gasteiger partial charge is 0.0629 e. The van der Waals surface area contributed by atoms with Crippen LogP contribution in [0.15, 0.2) is 328 Å². The van der Waals surface area contributed by atoms with Crippen LogP contribution in [0.1, 0.15) is 11.5 Å². The fraction of sp³-hybridized carbons (Fsp3) is 0.0222. The van der Waals surface area contributed by atoms with E-state index >= 15 is 0 Å². The lowest BCUT2D eigenvalue weighted by Gasteiger charge is -2.29. The Labute approximate surface area is 531 Å². The van der Waals surface area contributed by atoms with Crippen molar-refractivity contribution < 1.29 is 0 Å². The summed E-state index contributed by atoms with van der Waals surface area (Å²) in [7, 11) is 0. The molecule has 0 amide bonds. The van der Waals surface area contributed by atoms with E-state index in [4.69, 9.17) is 0 Å². The normalized spacial score (nSPS) is 14.6. The molecule has 1 aliphatic carbocycles. The number of benzene rings is 17. The monoisotopic (exact) mass is 1160 g/mol. The third kappa shape index (κ3) is 7.62. The van der Waals surface area contributed by atoms with Gasteiger partial charge in [0.25, 0.3) is 0 Å². The highest BCUT2D eigenvalue weighted by Gasteiger charge is 2.37. The molecule has 92 heavy (non-hydrogen) atoms. The van der Waals surface area contributed by atoms with E-state index in [-0.39, 0.29) is 12.0 Å². The Balaban J connectivity index is 0.772. The molecule has 2 aliphatic rings. The zero-order chi connectivity index (χ0) is 60.1. The maximum absolute atomic E-state index is 2.59. The number of hydrogen-bond donors (Lipinski definition) is 0. The van der Waals surface area contributed by atoms with E-state index < -0.39 is 0 Å². The molecule has 1 aromatic heterocycles. The zero-order valence-corrected chi connectivity index (χ0v) is 50.2. The molecule has 2 unspecified atom stereocenters. The average molecular weight is 1170 g/mol. The number of nitrogens with zero attached hydrogens (tertiary/aromatic N) is 2. The van der Waals surface area contributed by atoms with Crippen LogP contribution in [0.3, 0.4) is 0 Å². The second-order valence-electron chi connectivity index (χ2n) is 25.4. The van der Waals surface area contributed by atoms with Gasteiger partial charge in [0.05, 0.1) is 17.1 Å². The van der Waals surface area contributed by atoms with Crippen LogP contribution in [-0.4, -0.2) is 10.6 Å². The van der Waals surface area contributed by atoms with Crippen molar-refractivity contribution in [3.05, 3.63) is 333 Å². The van der Waals surface area contributed by atoms with Crippen molar-refractivity contribution >= 4 is 130 Å². The standard InChI is InChI=1S/C90H56N2/c1-3-23-69-65(19-1)67-21-5-7-25-71(67)83-51-55(37-41-75(69)83)59-45-61(49-63(47-59)91-87-33-15-11-29-79(87)80-30-12-16-34-88(80)91)57-39-43-77-78-44-40-58(54-86(78)74-28-10-9-27-73(74)85(77)53-57)62-46-60(48-64(50-62)92-89-35-17-13-31-81(89)82-32-14-18-36-90(82)92)56-38-42-76-70-24-4-2-20-66(70)68-22-6-8-26-72(68)84(76)52-56/h1-54,79,87H. The lowest BCUT2D eigenvalue weighted by Crippen LogP contribution is -2.28. The first-order chi connectivity index (χ1) is 45.6. The molecule has 1 aliphatic heterocycles. The maximum Gasteiger partial charge on any atom is 0.0629 e. The van der Waals surface area contributed by atoms with Crippen molar-refractivity contribution in [1.82, 2.24) is 4.57 Å². The lowest BCUT2D eigenvalue weighted by atomic mass is 9.88. The van der Waals surface area contributed by atoms with E-state index in [0.717, 1.165) is 5.69 Å². The van der Waals surface area contributed by atoms with Gasteiger partial charge in [-0.3, -0.25) is 0 Å². The zero-order valence-electron chi connectivity index (χ0n) is 50.2. The van der Waals surface area contributed by atoms with Crippen molar-refractivity contribution in [3.63, 3.8) is 0 Å². The first-order valence-electron chi connectivity index (χ1n) is 32.2. The molecule has 2 atom stereocenters. The van der Waals surface area contributed by atoms with Crippen LogP contribution in [0.5, 0.6) is 0 Å². The van der Waals surface area contributed by atoms with E-state index in [0.29, 0.717) is 0 Å². The van der Waals surface area contributed by atoms with Crippen LogP contribution in [0, 0.1) is 0 Å². The summed E-state index contributed by atoms with van der Waals surface area (Å²) < 4.78 is 2.47. The van der Waals surface area contributed by atoms with Gasteiger partial charge in [0.15, 0.2) is 0 Å². The SMILES string of the molecule is C1=CC2c3ccccc3N(c3cc(-c4ccc5c6ccccc6c6ccccc6c5c4)cc(-c4ccc5c6ccc(-c7cc(-c8ccc9c%10ccccc%10c%10ccccc%10c9c8)cc(-n8c9ccccc9c9ccccc98)c7)cc6c6ccccc6c5c4)c3)C2C=C1. The van der Waals surface area contributed by atoms with Gasteiger partial charge in [-0.05, 0) is 226 Å². The molecule has 426 valence electrons. The Bertz CT molecular complexity index is 6150. The third-order valence-electron chi connectivity index (χ3n) is 20.6. The van der Waals surface area contributed by atoms with E-state index in [1.165, 1.54) is 180 Å². The van der Waals surface area contributed by atoms with Crippen molar-refractivity contribution in [1.29, 1.82) is 0 Å². The fourth-order valence-electron chi connectivity index (χ4n) is 16.4. The van der Waals surface area contributed by atoms with E-state index in [2.05, 4.69) is 337 Å². The summed E-state index contributed by atoms with van der Waals surface area (Å²) in [6.45, 7) is 0. The van der Waals surface area contributed by atoms with Crippen molar-refractivity contribution in [2.24, 2.45) is 0 Å². The molecular weight excluding hydrogens is 1110 g/mol. The summed E-state index contributed by atoms with van der Waals surface area (Å²) in [5.74, 6) is 0.266. The van der Waals surface area contributed by atoms with Crippen LogP contribution in [0.2, 0.25) is 0 Å². The molecule has 2 heterocycles. The Morgan fingerprint density at radius 1 is 0.207 bits per heavy atom. The summed E-state index contributed by atoms with van der Waals surface area (Å²) in [5.41, 5.74) is 16.8. The first-order valence-corrected chi connectivity index (χ1v) is 32.2. The van der Waals surface area contributed by atoms with E-state index in [1.807, 2.05) is 0 Å². The van der Waals surface area contributed by atoms with Gasteiger partial charge < -0.3 is 9.47 Å². The van der Waals surface area contributed by atoms with Gasteiger partial charge >= 0.3 is 0 Å². The largest absolute Gasteiger partial charge is 0.333 e. The Kier molecular flexibility index (Phi) is 11.0. The molecule has 0 fully saturated rings.